The molecule has 0 aliphatic heterocycles. The minimum Gasteiger partial charge on any atom is -0.264 e. The van der Waals surface area contributed by atoms with E-state index in [1.165, 1.54) is 0 Å². The summed E-state index contributed by atoms with van der Waals surface area (Å²) < 4.78 is 2.65. The van der Waals surface area contributed by atoms with E-state index < -0.39 is 0 Å². The van der Waals surface area contributed by atoms with Crippen LogP contribution in [-0.2, 0) is 0 Å². The van der Waals surface area contributed by atoms with Crippen LogP contribution in [0.1, 0.15) is 5.69 Å². The second kappa shape index (κ2) is 4.62. The van der Waals surface area contributed by atoms with Crippen LogP contribution in [0, 0.1) is 6.92 Å². The molecule has 3 heterocycles. The van der Waals surface area contributed by atoms with E-state index in [2.05, 4.69) is 31.0 Å². The molecule has 0 radical (unpaired) electrons. The van der Waals surface area contributed by atoms with Gasteiger partial charge in [0, 0.05) is 24.2 Å². The van der Waals surface area contributed by atoms with E-state index >= 15 is 0 Å². The maximum absolute atomic E-state index is 4.57. The molecule has 0 aliphatic carbocycles. The van der Waals surface area contributed by atoms with E-state index in [0.717, 1.165) is 25.9 Å². The molecule has 0 saturated carbocycles. The molecule has 0 amide bonds. The van der Waals surface area contributed by atoms with Crippen LogP contribution in [0.15, 0.2) is 41.4 Å². The molecule has 0 atom stereocenters. The molecule has 3 aromatic heterocycles. The van der Waals surface area contributed by atoms with Crippen molar-refractivity contribution < 1.29 is 0 Å². The zero-order valence-electron chi connectivity index (χ0n) is 9.54. The Hall–Kier alpha value is -1.53. The molecule has 0 saturated heterocycles. The fourth-order valence-corrected chi connectivity index (χ4v) is 2.91. The summed E-state index contributed by atoms with van der Waals surface area (Å²) in [7, 11) is 0. The predicted molar refractivity (Wildman–Crippen MR) is 74.9 cm³/mol. The number of aryl methyl sites for hydroxylation is 1. The van der Waals surface area contributed by atoms with Crippen LogP contribution in [0.3, 0.4) is 0 Å². The number of aromatic nitrogens is 4. The molecule has 18 heavy (non-hydrogen) atoms. The van der Waals surface area contributed by atoms with Crippen LogP contribution in [-0.4, -0.2) is 19.7 Å². The maximum Gasteiger partial charge on any atom is 0.140 e. The first-order valence-electron chi connectivity index (χ1n) is 5.33. The van der Waals surface area contributed by atoms with E-state index in [-0.39, 0.29) is 0 Å². The summed E-state index contributed by atoms with van der Waals surface area (Å²) in [5.74, 6) is 0. The van der Waals surface area contributed by atoms with Gasteiger partial charge < -0.3 is 0 Å². The van der Waals surface area contributed by atoms with Crippen LogP contribution in [0.4, 0.5) is 0 Å². The van der Waals surface area contributed by atoms with Gasteiger partial charge in [-0.25, -0.2) is 9.67 Å². The first-order valence-corrected chi connectivity index (χ1v) is 6.94. The van der Waals surface area contributed by atoms with Crippen molar-refractivity contribution in [3.8, 4) is 15.6 Å². The van der Waals surface area contributed by atoms with Crippen molar-refractivity contribution in [2.75, 3.05) is 0 Å². The monoisotopic (exact) mass is 320 g/mol. The molecule has 6 heteroatoms. The van der Waals surface area contributed by atoms with Crippen LogP contribution in [0.5, 0.6) is 0 Å². The SMILES string of the molecule is Cc1nc(-c2cccnc2)sc1-n1ccc(Br)n1. The standard InChI is InChI=1S/C12H9BrN4S/c1-8-12(17-6-4-10(13)16-17)18-11(15-8)9-3-2-5-14-7-9/h2-7H,1H3. The third-order valence-electron chi connectivity index (χ3n) is 2.45. The highest BCUT2D eigenvalue weighted by Crippen LogP contribution is 2.29. The number of rotatable bonds is 2. The summed E-state index contributed by atoms with van der Waals surface area (Å²) in [5, 5.41) is 6.32. The average Bonchev–Trinajstić information content (AvgIpc) is 2.97. The van der Waals surface area contributed by atoms with Gasteiger partial charge in [-0.15, -0.1) is 0 Å². The van der Waals surface area contributed by atoms with Gasteiger partial charge in [-0.05, 0) is 41.1 Å². The zero-order chi connectivity index (χ0) is 12.5. The summed E-state index contributed by atoms with van der Waals surface area (Å²) in [6, 6.07) is 5.83. The Kier molecular flexibility index (Phi) is 2.97. The Morgan fingerprint density at radius 3 is 2.89 bits per heavy atom. The largest absolute Gasteiger partial charge is 0.264 e. The quantitative estimate of drug-likeness (QED) is 0.726. The number of nitrogens with zero attached hydrogens (tertiary/aromatic N) is 4. The zero-order valence-corrected chi connectivity index (χ0v) is 11.9. The number of pyridine rings is 1. The Balaban J connectivity index is 2.06. The van der Waals surface area contributed by atoms with Crippen molar-refractivity contribution in [1.29, 1.82) is 0 Å². The first kappa shape index (κ1) is 11.6. The lowest BCUT2D eigenvalue weighted by Crippen LogP contribution is -1.93. The molecule has 90 valence electrons. The molecule has 0 spiro atoms. The van der Waals surface area contributed by atoms with Crippen LogP contribution in [0.2, 0.25) is 0 Å². The summed E-state index contributed by atoms with van der Waals surface area (Å²) >= 11 is 4.96. The highest BCUT2D eigenvalue weighted by atomic mass is 79.9. The molecule has 0 fully saturated rings. The van der Waals surface area contributed by atoms with Crippen LogP contribution < -0.4 is 0 Å². The van der Waals surface area contributed by atoms with Crippen LogP contribution >= 0.6 is 27.3 Å². The number of thiazole rings is 1. The lowest BCUT2D eigenvalue weighted by atomic mass is 10.3. The molecule has 0 aromatic carbocycles. The smallest absolute Gasteiger partial charge is 0.140 e. The van der Waals surface area contributed by atoms with Crippen molar-refractivity contribution in [2.45, 2.75) is 6.92 Å². The predicted octanol–water partition coefficient (Wildman–Crippen LogP) is 3.46. The fraction of sp³-hybridized carbons (Fsp3) is 0.0833. The Morgan fingerprint density at radius 2 is 2.22 bits per heavy atom. The fourth-order valence-electron chi connectivity index (χ4n) is 1.63. The van der Waals surface area contributed by atoms with E-state index in [0.29, 0.717) is 0 Å². The van der Waals surface area contributed by atoms with E-state index in [1.807, 2.05) is 42.2 Å². The van der Waals surface area contributed by atoms with Crippen molar-refractivity contribution in [3.05, 3.63) is 47.1 Å². The summed E-state index contributed by atoms with van der Waals surface area (Å²) in [6.07, 6.45) is 5.49. The topological polar surface area (TPSA) is 43.6 Å². The Bertz CT molecular complexity index is 674. The van der Waals surface area contributed by atoms with Gasteiger partial charge in [0.05, 0.1) is 5.69 Å². The van der Waals surface area contributed by atoms with Crippen molar-refractivity contribution >= 4 is 27.3 Å². The van der Waals surface area contributed by atoms with Crippen molar-refractivity contribution in [1.82, 2.24) is 19.7 Å². The second-order valence-electron chi connectivity index (χ2n) is 3.73. The van der Waals surface area contributed by atoms with E-state index in [4.69, 9.17) is 0 Å². The second-order valence-corrected chi connectivity index (χ2v) is 5.52. The third-order valence-corrected chi connectivity index (χ3v) is 4.06. The molecular weight excluding hydrogens is 312 g/mol. The number of hydrogen-bond acceptors (Lipinski definition) is 4. The lowest BCUT2D eigenvalue weighted by Gasteiger charge is -1.95. The number of hydrogen-bond donors (Lipinski definition) is 0. The maximum atomic E-state index is 4.57. The minimum atomic E-state index is 0.818. The first-order chi connectivity index (χ1) is 8.74. The summed E-state index contributed by atoms with van der Waals surface area (Å²) in [4.78, 5) is 8.68. The van der Waals surface area contributed by atoms with Crippen LogP contribution in [0.25, 0.3) is 15.6 Å². The van der Waals surface area contributed by atoms with Gasteiger partial charge in [-0.1, -0.05) is 11.3 Å². The van der Waals surface area contributed by atoms with Gasteiger partial charge >= 0.3 is 0 Å². The normalized spacial score (nSPS) is 10.8. The Morgan fingerprint density at radius 1 is 1.33 bits per heavy atom. The van der Waals surface area contributed by atoms with E-state index in [9.17, 15) is 0 Å². The third kappa shape index (κ3) is 2.09. The Labute approximate surface area is 116 Å². The molecular formula is C12H9BrN4S. The van der Waals surface area contributed by atoms with Gasteiger partial charge in [0.2, 0.25) is 0 Å². The van der Waals surface area contributed by atoms with E-state index in [1.54, 1.807) is 17.5 Å². The highest BCUT2D eigenvalue weighted by molar-refractivity contribution is 9.10. The van der Waals surface area contributed by atoms with Crippen molar-refractivity contribution in [2.24, 2.45) is 0 Å². The highest BCUT2D eigenvalue weighted by Gasteiger charge is 2.11. The molecule has 3 rings (SSSR count). The summed E-state index contributed by atoms with van der Waals surface area (Å²) in [5.41, 5.74) is 2.00. The number of halogens is 1. The molecule has 3 aromatic rings. The van der Waals surface area contributed by atoms with Gasteiger partial charge in [-0.3, -0.25) is 4.98 Å². The molecule has 0 bridgehead atoms. The molecule has 0 N–H and O–H groups in total. The van der Waals surface area contributed by atoms with Gasteiger partial charge in [0.15, 0.2) is 0 Å². The molecule has 0 unspecified atom stereocenters. The van der Waals surface area contributed by atoms with Gasteiger partial charge in [0.25, 0.3) is 0 Å². The lowest BCUT2D eigenvalue weighted by molar-refractivity contribution is 0.875. The van der Waals surface area contributed by atoms with Crippen molar-refractivity contribution in [3.63, 3.8) is 0 Å². The van der Waals surface area contributed by atoms with Gasteiger partial charge in [0.1, 0.15) is 14.6 Å². The molecule has 4 nitrogen and oxygen atoms in total. The van der Waals surface area contributed by atoms with Gasteiger partial charge in [-0.2, -0.15) is 5.10 Å². The average molecular weight is 321 g/mol. The summed E-state index contributed by atoms with van der Waals surface area (Å²) in [6.45, 7) is 1.99. The molecule has 0 aliphatic rings. The minimum absolute atomic E-state index is 0.818.